The van der Waals surface area contributed by atoms with E-state index in [1.54, 1.807) is 6.92 Å². The molecule has 0 aliphatic rings. The smallest absolute Gasteiger partial charge is 0.325 e. The first kappa shape index (κ1) is 27.3. The molecule has 0 unspecified atom stereocenters. The number of carboxylic acid groups (broad SMARTS) is 1. The summed E-state index contributed by atoms with van der Waals surface area (Å²) in [6, 6.07) is -2.69. The largest absolute Gasteiger partial charge is 0.480 e. The van der Waals surface area contributed by atoms with E-state index in [2.05, 4.69) is 21.3 Å². The number of aliphatic carboxylic acids is 1. The maximum absolute atomic E-state index is 12.5. The fourth-order valence-corrected chi connectivity index (χ4v) is 2.34. The van der Waals surface area contributed by atoms with Crippen LogP contribution in [0.25, 0.3) is 0 Å². The van der Waals surface area contributed by atoms with E-state index in [0.29, 0.717) is 12.8 Å². The van der Waals surface area contributed by atoms with Crippen LogP contribution < -0.4 is 27.0 Å². The fraction of sp³-hybridized carbons (Fsp3) is 0.737. The van der Waals surface area contributed by atoms with Gasteiger partial charge >= 0.3 is 5.97 Å². The van der Waals surface area contributed by atoms with E-state index in [-0.39, 0.29) is 11.8 Å². The zero-order valence-electron chi connectivity index (χ0n) is 18.3. The molecule has 172 valence electrons. The highest BCUT2D eigenvalue weighted by atomic mass is 16.4. The van der Waals surface area contributed by atoms with E-state index >= 15 is 0 Å². The molecule has 0 rings (SSSR count). The van der Waals surface area contributed by atoms with Crippen molar-refractivity contribution in [2.75, 3.05) is 13.1 Å². The van der Waals surface area contributed by atoms with Gasteiger partial charge in [0.05, 0.1) is 19.1 Å². The molecule has 11 nitrogen and oxygen atoms in total. The van der Waals surface area contributed by atoms with Crippen LogP contribution in [0.3, 0.4) is 0 Å². The van der Waals surface area contributed by atoms with E-state index in [1.165, 1.54) is 6.92 Å². The molecule has 0 aromatic rings. The maximum Gasteiger partial charge on any atom is 0.325 e. The summed E-state index contributed by atoms with van der Waals surface area (Å²) in [4.78, 5) is 59.0. The molecule has 0 aliphatic carbocycles. The standard InChI is InChI=1S/C19H35N5O6/c1-6-10(3)15(20)17(27)24-16(11(4)7-2)18(28)22-8-13(25)21-9-14(26)23-12(5)19(29)30/h10-12,15-16H,6-9,20H2,1-5H3,(H,21,25)(H,22,28)(H,23,26)(H,24,27)(H,29,30)/t10-,11-,12-,15-,16-/m0/s1. The van der Waals surface area contributed by atoms with Crippen molar-refractivity contribution in [2.45, 2.75) is 65.6 Å². The first-order chi connectivity index (χ1) is 13.9. The van der Waals surface area contributed by atoms with Crippen LogP contribution in [0, 0.1) is 11.8 Å². The van der Waals surface area contributed by atoms with Gasteiger partial charge in [-0.1, -0.05) is 40.5 Å². The minimum Gasteiger partial charge on any atom is -0.480 e. The summed E-state index contributed by atoms with van der Waals surface area (Å²) in [6.45, 7) is 7.89. The van der Waals surface area contributed by atoms with E-state index in [9.17, 15) is 24.0 Å². The molecule has 0 radical (unpaired) electrons. The van der Waals surface area contributed by atoms with Gasteiger partial charge < -0.3 is 32.1 Å². The second kappa shape index (κ2) is 13.5. The van der Waals surface area contributed by atoms with Gasteiger partial charge in [-0.2, -0.15) is 0 Å². The monoisotopic (exact) mass is 429 g/mol. The number of nitrogens with one attached hydrogen (secondary N) is 4. The lowest BCUT2D eigenvalue weighted by Crippen LogP contribution is -2.56. The molecule has 0 saturated carbocycles. The number of amides is 4. The summed E-state index contributed by atoms with van der Waals surface area (Å²) in [5.74, 6) is -3.71. The van der Waals surface area contributed by atoms with Crippen LogP contribution in [-0.2, 0) is 24.0 Å². The number of rotatable bonds is 13. The second-order valence-corrected chi connectivity index (χ2v) is 7.41. The molecule has 0 aromatic carbocycles. The first-order valence-electron chi connectivity index (χ1n) is 10.1. The van der Waals surface area contributed by atoms with Crippen molar-refractivity contribution in [1.82, 2.24) is 21.3 Å². The minimum atomic E-state index is -1.20. The number of nitrogens with two attached hydrogens (primary N) is 1. The van der Waals surface area contributed by atoms with Crippen molar-refractivity contribution < 1.29 is 29.1 Å². The summed E-state index contributed by atoms with van der Waals surface area (Å²) in [5, 5.41) is 18.3. The van der Waals surface area contributed by atoms with Gasteiger partial charge in [0, 0.05) is 0 Å². The second-order valence-electron chi connectivity index (χ2n) is 7.41. The normalized spacial score (nSPS) is 15.7. The number of carbonyl (C=O) groups is 5. The van der Waals surface area contributed by atoms with E-state index in [1.807, 2.05) is 20.8 Å². The van der Waals surface area contributed by atoms with Gasteiger partial charge in [-0.05, 0) is 18.8 Å². The Morgan fingerprint density at radius 1 is 0.800 bits per heavy atom. The van der Waals surface area contributed by atoms with Crippen LogP contribution in [0.5, 0.6) is 0 Å². The fourth-order valence-electron chi connectivity index (χ4n) is 2.34. The van der Waals surface area contributed by atoms with E-state index < -0.39 is 60.8 Å². The molecule has 0 heterocycles. The molecule has 30 heavy (non-hydrogen) atoms. The molecule has 0 bridgehead atoms. The Kier molecular flexibility index (Phi) is 12.3. The van der Waals surface area contributed by atoms with Gasteiger partial charge in [-0.3, -0.25) is 24.0 Å². The Balaban J connectivity index is 4.68. The highest BCUT2D eigenvalue weighted by Crippen LogP contribution is 2.10. The molecule has 0 spiro atoms. The van der Waals surface area contributed by atoms with Crippen molar-refractivity contribution >= 4 is 29.6 Å². The van der Waals surface area contributed by atoms with Crippen LogP contribution in [0.1, 0.15) is 47.5 Å². The highest BCUT2D eigenvalue weighted by molar-refractivity contribution is 5.93. The SMILES string of the molecule is CC[C@H](C)[C@H](N)C(=O)N[C@H](C(=O)NCC(=O)NCC(=O)N[C@@H](C)C(=O)O)[C@@H](C)CC. The van der Waals surface area contributed by atoms with Crippen LogP contribution in [0.15, 0.2) is 0 Å². The quantitative estimate of drug-likeness (QED) is 0.211. The Morgan fingerprint density at radius 3 is 1.83 bits per heavy atom. The molecule has 0 saturated heterocycles. The number of hydrogen-bond acceptors (Lipinski definition) is 6. The molecular formula is C19H35N5O6. The molecular weight excluding hydrogens is 394 g/mol. The number of carbonyl (C=O) groups excluding carboxylic acids is 4. The van der Waals surface area contributed by atoms with Gasteiger partial charge in [0.15, 0.2) is 0 Å². The highest BCUT2D eigenvalue weighted by Gasteiger charge is 2.29. The minimum absolute atomic E-state index is 0.0496. The molecule has 5 atom stereocenters. The lowest BCUT2D eigenvalue weighted by Gasteiger charge is -2.26. The molecule has 11 heteroatoms. The number of hydrogen-bond donors (Lipinski definition) is 6. The van der Waals surface area contributed by atoms with Gasteiger partial charge in [0.1, 0.15) is 12.1 Å². The third-order valence-corrected chi connectivity index (χ3v) is 4.97. The Bertz CT molecular complexity index is 627. The third-order valence-electron chi connectivity index (χ3n) is 4.97. The summed E-state index contributed by atoms with van der Waals surface area (Å²) in [6.07, 6.45) is 1.33. The lowest BCUT2D eigenvalue weighted by molar-refractivity contribution is -0.141. The Hall–Kier alpha value is -2.69. The summed E-state index contributed by atoms with van der Waals surface area (Å²) < 4.78 is 0. The summed E-state index contributed by atoms with van der Waals surface area (Å²) in [5.41, 5.74) is 5.92. The van der Waals surface area contributed by atoms with Crippen LogP contribution in [0.2, 0.25) is 0 Å². The molecule has 0 aromatic heterocycles. The predicted octanol–water partition coefficient (Wildman–Crippen LogP) is -1.29. The average molecular weight is 430 g/mol. The third kappa shape index (κ3) is 9.68. The molecule has 0 aliphatic heterocycles. The predicted molar refractivity (Wildman–Crippen MR) is 110 cm³/mol. The summed E-state index contributed by atoms with van der Waals surface area (Å²) >= 11 is 0. The van der Waals surface area contributed by atoms with Gasteiger partial charge in [0.2, 0.25) is 23.6 Å². The lowest BCUT2D eigenvalue weighted by atomic mass is 9.95. The van der Waals surface area contributed by atoms with Gasteiger partial charge in [-0.25, -0.2) is 0 Å². The van der Waals surface area contributed by atoms with E-state index in [0.717, 1.165) is 0 Å². The summed E-state index contributed by atoms with van der Waals surface area (Å²) in [7, 11) is 0. The van der Waals surface area contributed by atoms with Crippen molar-refractivity contribution in [3.63, 3.8) is 0 Å². The molecule has 0 fully saturated rings. The maximum atomic E-state index is 12.5. The molecule has 7 N–H and O–H groups in total. The van der Waals surface area contributed by atoms with Crippen LogP contribution >= 0.6 is 0 Å². The van der Waals surface area contributed by atoms with Gasteiger partial charge in [0.25, 0.3) is 0 Å². The zero-order valence-corrected chi connectivity index (χ0v) is 18.3. The van der Waals surface area contributed by atoms with Crippen LogP contribution in [0.4, 0.5) is 0 Å². The number of carboxylic acids is 1. The van der Waals surface area contributed by atoms with E-state index in [4.69, 9.17) is 10.8 Å². The molecule has 4 amide bonds. The van der Waals surface area contributed by atoms with Crippen molar-refractivity contribution in [3.05, 3.63) is 0 Å². The zero-order chi connectivity index (χ0) is 23.4. The van der Waals surface area contributed by atoms with Crippen molar-refractivity contribution in [1.29, 1.82) is 0 Å². The Labute approximate surface area is 176 Å². The van der Waals surface area contributed by atoms with Crippen molar-refractivity contribution in [2.24, 2.45) is 17.6 Å². The topological polar surface area (TPSA) is 180 Å². The average Bonchev–Trinajstić information content (AvgIpc) is 2.71. The first-order valence-corrected chi connectivity index (χ1v) is 10.1. The van der Waals surface area contributed by atoms with Crippen molar-refractivity contribution in [3.8, 4) is 0 Å². The van der Waals surface area contributed by atoms with Gasteiger partial charge in [-0.15, -0.1) is 0 Å². The van der Waals surface area contributed by atoms with Crippen LogP contribution in [-0.4, -0.2) is 65.9 Å². The Morgan fingerprint density at radius 2 is 1.33 bits per heavy atom.